The Balaban J connectivity index is 0.000000254. The van der Waals surface area contributed by atoms with Crippen molar-refractivity contribution in [1.82, 2.24) is 5.32 Å². The molecule has 2 aliphatic heterocycles. The van der Waals surface area contributed by atoms with Crippen LogP contribution in [0, 0.1) is 0 Å². The molecule has 2 aliphatic rings. The van der Waals surface area contributed by atoms with E-state index in [0.29, 0.717) is 21.6 Å². The molecule has 1 unspecified atom stereocenters. The van der Waals surface area contributed by atoms with Crippen molar-refractivity contribution in [2.75, 3.05) is 6.54 Å². The summed E-state index contributed by atoms with van der Waals surface area (Å²) in [4.78, 5) is 11.3. The lowest BCUT2D eigenvalue weighted by molar-refractivity contribution is -0.139. The van der Waals surface area contributed by atoms with Crippen molar-refractivity contribution >= 4 is 15.8 Å². The molecule has 5 nitrogen and oxygen atoms in total. The second-order valence-electron chi connectivity index (χ2n) is 8.08. The maximum atomic E-state index is 12.0. The highest BCUT2D eigenvalue weighted by Gasteiger charge is 2.45. The van der Waals surface area contributed by atoms with E-state index in [1.54, 1.807) is 0 Å². The van der Waals surface area contributed by atoms with Gasteiger partial charge >= 0.3 is 5.97 Å². The zero-order valence-corrected chi connectivity index (χ0v) is 17.4. The van der Waals surface area contributed by atoms with Crippen molar-refractivity contribution < 1.29 is 18.3 Å². The maximum absolute atomic E-state index is 12.0. The number of carboxylic acids is 1. The summed E-state index contributed by atoms with van der Waals surface area (Å²) in [6.45, 7) is 13.6. The molecule has 0 amide bonds. The van der Waals surface area contributed by atoms with Crippen LogP contribution in [0.5, 0.6) is 0 Å². The van der Waals surface area contributed by atoms with Crippen LogP contribution in [0.2, 0.25) is 0 Å². The molecule has 2 heterocycles. The van der Waals surface area contributed by atoms with Crippen LogP contribution >= 0.6 is 0 Å². The first-order valence-electron chi connectivity index (χ1n) is 9.42. The van der Waals surface area contributed by atoms with Crippen LogP contribution in [0.4, 0.5) is 0 Å². The number of hydrogen-bond acceptors (Lipinski definition) is 4. The third-order valence-electron chi connectivity index (χ3n) is 5.01. The predicted octanol–water partition coefficient (Wildman–Crippen LogP) is 4.03. The zero-order valence-electron chi connectivity index (χ0n) is 16.6. The van der Waals surface area contributed by atoms with Crippen molar-refractivity contribution in [2.24, 2.45) is 0 Å². The molecule has 0 bridgehead atoms. The minimum atomic E-state index is -3.06. The molecule has 1 atom stereocenters. The minimum absolute atomic E-state index is 0.257. The van der Waals surface area contributed by atoms with Gasteiger partial charge in [-0.1, -0.05) is 41.5 Å². The van der Waals surface area contributed by atoms with E-state index in [1.807, 2.05) is 6.07 Å². The van der Waals surface area contributed by atoms with E-state index in [1.165, 1.54) is 11.1 Å². The van der Waals surface area contributed by atoms with Crippen LogP contribution in [0.15, 0.2) is 15.9 Å². The lowest BCUT2D eigenvalue weighted by Crippen LogP contribution is -2.29. The number of carboxylic acid groups (broad SMARTS) is 1. The lowest BCUT2D eigenvalue weighted by Gasteiger charge is -2.21. The highest BCUT2D eigenvalue weighted by Crippen LogP contribution is 2.50. The lowest BCUT2D eigenvalue weighted by atomic mass is 9.83. The number of sulfone groups is 1. The summed E-state index contributed by atoms with van der Waals surface area (Å²) in [5.41, 5.74) is 3.51. The van der Waals surface area contributed by atoms with Crippen molar-refractivity contribution in [2.45, 2.75) is 88.0 Å². The van der Waals surface area contributed by atoms with Crippen LogP contribution in [0.25, 0.3) is 0 Å². The van der Waals surface area contributed by atoms with Gasteiger partial charge in [0.25, 0.3) is 0 Å². The number of aliphatic carboxylic acids is 1. The molecule has 0 spiro atoms. The summed E-state index contributed by atoms with van der Waals surface area (Å²) in [6.07, 6.45) is 1.78. The topological polar surface area (TPSA) is 83.5 Å². The first kappa shape index (κ1) is 20.9. The molecule has 0 saturated carbocycles. The van der Waals surface area contributed by atoms with Gasteiger partial charge in [-0.05, 0) is 59.9 Å². The van der Waals surface area contributed by atoms with Gasteiger partial charge in [0, 0.05) is 0 Å². The molecule has 1 saturated heterocycles. The Labute approximate surface area is 157 Å². The summed E-state index contributed by atoms with van der Waals surface area (Å²) in [5.74, 6) is 0.261. The van der Waals surface area contributed by atoms with Crippen LogP contribution in [-0.2, 0) is 14.6 Å². The first-order chi connectivity index (χ1) is 12.0. The average molecular weight is 382 g/mol. The fourth-order valence-electron chi connectivity index (χ4n) is 3.72. The molecule has 1 aromatic rings. The molecule has 1 fully saturated rings. The Morgan fingerprint density at radius 2 is 1.65 bits per heavy atom. The van der Waals surface area contributed by atoms with Gasteiger partial charge in [-0.15, -0.1) is 0 Å². The van der Waals surface area contributed by atoms with Crippen molar-refractivity contribution in [1.29, 1.82) is 0 Å². The largest absolute Gasteiger partial charge is 0.480 e. The van der Waals surface area contributed by atoms with Crippen molar-refractivity contribution in [3.05, 3.63) is 22.8 Å². The summed E-state index contributed by atoms with van der Waals surface area (Å²) in [7, 11) is -3.06. The van der Waals surface area contributed by atoms with Gasteiger partial charge in [0.2, 0.25) is 9.84 Å². The molecule has 0 radical (unpaired) electrons. The summed E-state index contributed by atoms with van der Waals surface area (Å²) in [5, 5.41) is 11.2. The highest BCUT2D eigenvalue weighted by molar-refractivity contribution is 7.97. The standard InChI is InChI=1S/C15H22O2S.C5H9NO2/c1-8(2)11-7-12-15(18(12,16)17)14(10(5)6)13(11)9(3)4;7-5(8)4-2-1-3-6-4/h7-10H,1-6H3;4,6H,1-3H2,(H,7,8). The monoisotopic (exact) mass is 381 g/mol. The van der Waals surface area contributed by atoms with E-state index in [0.717, 1.165) is 24.9 Å². The highest BCUT2D eigenvalue weighted by atomic mass is 32.2. The number of nitrogens with one attached hydrogen (secondary N) is 1. The fourth-order valence-corrected chi connectivity index (χ4v) is 5.42. The van der Waals surface area contributed by atoms with Crippen molar-refractivity contribution in [3.8, 4) is 0 Å². The molecule has 0 aromatic heterocycles. The molecular formula is C20H31NO4S. The molecule has 146 valence electrons. The third kappa shape index (κ3) is 3.96. The van der Waals surface area contributed by atoms with Crippen LogP contribution in [-0.4, -0.2) is 32.1 Å². The number of benzene rings is 1. The van der Waals surface area contributed by atoms with Crippen LogP contribution < -0.4 is 5.32 Å². The molecule has 2 N–H and O–H groups in total. The van der Waals surface area contributed by atoms with Gasteiger partial charge in [0.05, 0.1) is 9.79 Å². The Morgan fingerprint density at radius 3 is 2.00 bits per heavy atom. The summed E-state index contributed by atoms with van der Waals surface area (Å²) >= 11 is 0. The minimum Gasteiger partial charge on any atom is -0.480 e. The quantitative estimate of drug-likeness (QED) is 0.781. The Kier molecular flexibility index (Phi) is 6.18. The van der Waals surface area contributed by atoms with Gasteiger partial charge < -0.3 is 10.4 Å². The first-order valence-corrected chi connectivity index (χ1v) is 10.9. The number of fused-ring (bicyclic) bond motifs is 1. The number of carbonyl (C=O) groups is 1. The normalized spacial score (nSPS) is 20.1. The van der Waals surface area contributed by atoms with Crippen LogP contribution in [0.1, 0.15) is 88.8 Å². The predicted molar refractivity (Wildman–Crippen MR) is 103 cm³/mol. The molecule has 26 heavy (non-hydrogen) atoms. The maximum Gasteiger partial charge on any atom is 0.320 e. The van der Waals surface area contributed by atoms with E-state index in [-0.39, 0.29) is 12.0 Å². The van der Waals surface area contributed by atoms with Gasteiger partial charge in [-0.25, -0.2) is 8.42 Å². The Bertz CT molecular complexity index is 789. The fraction of sp³-hybridized carbons (Fsp3) is 0.650. The Morgan fingerprint density at radius 1 is 1.08 bits per heavy atom. The summed E-state index contributed by atoms with van der Waals surface area (Å²) in [6, 6.07) is 1.63. The van der Waals surface area contributed by atoms with E-state index in [4.69, 9.17) is 5.11 Å². The number of rotatable bonds is 4. The smallest absolute Gasteiger partial charge is 0.320 e. The van der Waals surface area contributed by atoms with E-state index in [2.05, 4.69) is 46.9 Å². The van der Waals surface area contributed by atoms with Crippen LogP contribution in [0.3, 0.4) is 0 Å². The van der Waals surface area contributed by atoms with Crippen molar-refractivity contribution in [3.63, 3.8) is 0 Å². The van der Waals surface area contributed by atoms with Gasteiger partial charge in [0.15, 0.2) is 0 Å². The van der Waals surface area contributed by atoms with E-state index in [9.17, 15) is 13.2 Å². The average Bonchev–Trinajstić information content (AvgIpc) is 2.95. The Hall–Kier alpha value is -1.40. The van der Waals surface area contributed by atoms with E-state index >= 15 is 0 Å². The second-order valence-corrected chi connectivity index (χ2v) is 9.93. The van der Waals surface area contributed by atoms with Gasteiger partial charge in [-0.3, -0.25) is 4.79 Å². The van der Waals surface area contributed by atoms with Gasteiger partial charge in [-0.2, -0.15) is 0 Å². The molecule has 1 aromatic carbocycles. The molecule has 3 rings (SSSR count). The molecular weight excluding hydrogens is 350 g/mol. The molecule has 6 heteroatoms. The third-order valence-corrected chi connectivity index (χ3v) is 6.68. The number of hydrogen-bond donors (Lipinski definition) is 2. The van der Waals surface area contributed by atoms with Gasteiger partial charge in [0.1, 0.15) is 6.04 Å². The zero-order chi connectivity index (χ0) is 19.8. The summed E-state index contributed by atoms with van der Waals surface area (Å²) < 4.78 is 24.0. The molecule has 0 aliphatic carbocycles. The SMILES string of the molecule is CC(C)c1cc2c(c(C(C)C)c1C(C)C)S2(=O)=O.O=C(O)C1CCCN1. The van der Waals surface area contributed by atoms with E-state index < -0.39 is 15.8 Å². The second kappa shape index (κ2) is 7.69.